The van der Waals surface area contributed by atoms with E-state index < -0.39 is 0 Å². The van der Waals surface area contributed by atoms with E-state index >= 15 is 0 Å². The van der Waals surface area contributed by atoms with Crippen molar-refractivity contribution in [1.29, 1.82) is 0 Å². The van der Waals surface area contributed by atoms with E-state index in [2.05, 4.69) is 35.4 Å². The van der Waals surface area contributed by atoms with Crippen molar-refractivity contribution in [3.05, 3.63) is 53.1 Å². The van der Waals surface area contributed by atoms with Crippen molar-refractivity contribution in [3.8, 4) is 0 Å². The van der Waals surface area contributed by atoms with Crippen LogP contribution in [0.1, 0.15) is 58.9 Å². The first-order chi connectivity index (χ1) is 14.9. The van der Waals surface area contributed by atoms with Gasteiger partial charge < -0.3 is 15.5 Å². The minimum Gasteiger partial charge on any atom is -0.371 e. The van der Waals surface area contributed by atoms with Crippen molar-refractivity contribution in [2.75, 3.05) is 36.1 Å². The van der Waals surface area contributed by atoms with Crippen molar-refractivity contribution in [2.24, 2.45) is 5.41 Å². The first kappa shape index (κ1) is 21.8. The summed E-state index contributed by atoms with van der Waals surface area (Å²) in [7, 11) is 1.60. The fraction of sp³-hybridized carbons (Fsp3) is 0.440. The van der Waals surface area contributed by atoms with E-state index in [-0.39, 0.29) is 11.8 Å². The molecule has 164 valence electrons. The van der Waals surface area contributed by atoms with Crippen molar-refractivity contribution >= 4 is 35.0 Å². The van der Waals surface area contributed by atoms with Crippen molar-refractivity contribution < 1.29 is 9.59 Å². The molecule has 2 aromatic rings. The normalized spacial score (nSPS) is 16.8. The quantitative estimate of drug-likeness (QED) is 0.617. The zero-order chi connectivity index (χ0) is 22.0. The van der Waals surface area contributed by atoms with Gasteiger partial charge in [0.25, 0.3) is 11.8 Å². The number of benzene rings is 2. The molecule has 1 spiro atoms. The summed E-state index contributed by atoms with van der Waals surface area (Å²) >= 11 is 1.82. The van der Waals surface area contributed by atoms with Crippen LogP contribution in [0.2, 0.25) is 0 Å². The molecule has 2 N–H and O–H groups in total. The summed E-state index contributed by atoms with van der Waals surface area (Å²) in [5.74, 6) is 0.698. The van der Waals surface area contributed by atoms with Crippen LogP contribution in [0.3, 0.4) is 0 Å². The summed E-state index contributed by atoms with van der Waals surface area (Å²) in [4.78, 5) is 28.9. The maximum atomic E-state index is 13.3. The Balaban J connectivity index is 1.62. The number of rotatable bonds is 6. The fourth-order valence-electron chi connectivity index (χ4n) is 4.41. The van der Waals surface area contributed by atoms with E-state index in [1.54, 1.807) is 25.2 Å². The largest absolute Gasteiger partial charge is 0.371 e. The van der Waals surface area contributed by atoms with E-state index in [1.165, 1.54) is 30.6 Å². The standard InChI is InChI=1S/C25H31N3O2S/c1-4-31-22-16-21(28-12-10-25(8-9-25)11-13-28)20(14-17(22)2)24(30)27-19-7-5-6-18(15-19)23(29)26-3/h5-7,14-16H,4,8-13H2,1-3H3,(H,26,29)(H,27,30). The van der Waals surface area contributed by atoms with E-state index in [1.807, 2.05) is 23.9 Å². The molecule has 1 aliphatic heterocycles. The third-order valence-corrected chi connectivity index (χ3v) is 7.61. The van der Waals surface area contributed by atoms with Crippen LogP contribution in [-0.4, -0.2) is 37.7 Å². The minimum atomic E-state index is -0.170. The molecule has 0 bridgehead atoms. The first-order valence-corrected chi connectivity index (χ1v) is 12.1. The molecule has 2 aromatic carbocycles. The van der Waals surface area contributed by atoms with Gasteiger partial charge >= 0.3 is 0 Å². The molecule has 6 heteroatoms. The number of aryl methyl sites for hydroxylation is 1. The highest BCUT2D eigenvalue weighted by Gasteiger charge is 2.44. The van der Waals surface area contributed by atoms with Crippen molar-refractivity contribution in [2.45, 2.75) is 44.4 Å². The monoisotopic (exact) mass is 437 g/mol. The average Bonchev–Trinajstić information content (AvgIpc) is 3.54. The number of hydrogen-bond acceptors (Lipinski definition) is 4. The van der Waals surface area contributed by atoms with E-state index in [0.717, 1.165) is 30.1 Å². The van der Waals surface area contributed by atoms with E-state index in [0.29, 0.717) is 22.2 Å². The van der Waals surface area contributed by atoms with Crippen LogP contribution in [0.5, 0.6) is 0 Å². The number of hydrogen-bond donors (Lipinski definition) is 2. The van der Waals surface area contributed by atoms with E-state index in [4.69, 9.17) is 0 Å². The summed E-state index contributed by atoms with van der Waals surface area (Å²) in [6.45, 7) is 6.24. The SMILES string of the molecule is CCSc1cc(N2CCC3(CC2)CC3)c(C(=O)Nc2cccc(C(=O)NC)c2)cc1C. The summed E-state index contributed by atoms with van der Waals surface area (Å²) < 4.78 is 0. The Labute approximate surface area is 189 Å². The van der Waals surface area contributed by atoms with Crippen molar-refractivity contribution in [3.63, 3.8) is 0 Å². The Hall–Kier alpha value is -2.47. The first-order valence-electron chi connectivity index (χ1n) is 11.1. The van der Waals surface area contributed by atoms with Gasteiger partial charge in [-0.1, -0.05) is 13.0 Å². The van der Waals surface area contributed by atoms with Gasteiger partial charge in [-0.25, -0.2) is 0 Å². The Morgan fingerprint density at radius 1 is 1.06 bits per heavy atom. The molecule has 0 unspecified atom stereocenters. The van der Waals surface area contributed by atoms with Crippen LogP contribution in [0.4, 0.5) is 11.4 Å². The average molecular weight is 438 g/mol. The van der Waals surface area contributed by atoms with E-state index in [9.17, 15) is 9.59 Å². The number of nitrogens with one attached hydrogen (secondary N) is 2. The second-order valence-electron chi connectivity index (χ2n) is 8.67. The molecule has 2 aliphatic rings. The molecule has 4 rings (SSSR count). The Bertz CT molecular complexity index is 990. The molecule has 5 nitrogen and oxygen atoms in total. The van der Waals surface area contributed by atoms with Crippen LogP contribution in [0.15, 0.2) is 41.3 Å². The number of anilines is 2. The lowest BCUT2D eigenvalue weighted by Gasteiger charge is -2.35. The highest BCUT2D eigenvalue weighted by atomic mass is 32.2. The summed E-state index contributed by atoms with van der Waals surface area (Å²) in [6.07, 6.45) is 5.15. The molecular weight excluding hydrogens is 406 g/mol. The number of carbonyl (C=O) groups excluding carboxylic acids is 2. The highest BCUT2D eigenvalue weighted by molar-refractivity contribution is 7.99. The summed E-state index contributed by atoms with van der Waals surface area (Å²) in [6, 6.07) is 11.3. The van der Waals surface area contributed by atoms with Gasteiger partial charge in [0.15, 0.2) is 0 Å². The van der Waals surface area contributed by atoms with Crippen LogP contribution >= 0.6 is 11.8 Å². The second-order valence-corrected chi connectivity index (χ2v) is 9.97. The van der Waals surface area contributed by atoms with Gasteiger partial charge in [-0.2, -0.15) is 0 Å². The van der Waals surface area contributed by atoms with Gasteiger partial charge in [0.05, 0.1) is 11.3 Å². The molecular formula is C25H31N3O2S. The topological polar surface area (TPSA) is 61.4 Å². The molecule has 0 radical (unpaired) electrons. The second kappa shape index (κ2) is 8.95. The van der Waals surface area contributed by atoms with Crippen LogP contribution < -0.4 is 15.5 Å². The lowest BCUT2D eigenvalue weighted by molar-refractivity contribution is 0.0961. The number of amides is 2. The molecule has 2 amide bonds. The van der Waals surface area contributed by atoms with Gasteiger partial charge in [-0.05, 0) is 79.7 Å². The number of thioether (sulfide) groups is 1. The number of nitrogens with zero attached hydrogens (tertiary/aromatic N) is 1. The van der Waals surface area contributed by atoms with Crippen molar-refractivity contribution in [1.82, 2.24) is 5.32 Å². The zero-order valence-corrected chi connectivity index (χ0v) is 19.4. The number of carbonyl (C=O) groups is 2. The van der Waals surface area contributed by atoms with Gasteiger partial charge in [-0.15, -0.1) is 11.8 Å². The Morgan fingerprint density at radius 3 is 2.45 bits per heavy atom. The van der Waals surface area contributed by atoms with Crippen LogP contribution in [0, 0.1) is 12.3 Å². The predicted molar refractivity (Wildman–Crippen MR) is 128 cm³/mol. The summed E-state index contributed by atoms with van der Waals surface area (Å²) in [5.41, 5.74) is 4.59. The van der Waals surface area contributed by atoms with Gasteiger partial charge in [0.2, 0.25) is 0 Å². The smallest absolute Gasteiger partial charge is 0.257 e. The predicted octanol–water partition coefficient (Wildman–Crippen LogP) is 5.10. The molecule has 31 heavy (non-hydrogen) atoms. The molecule has 0 atom stereocenters. The molecule has 1 heterocycles. The molecule has 1 aliphatic carbocycles. The maximum Gasteiger partial charge on any atom is 0.257 e. The van der Waals surface area contributed by atoms with Gasteiger partial charge in [-0.3, -0.25) is 9.59 Å². The molecule has 0 aromatic heterocycles. The fourth-order valence-corrected chi connectivity index (χ4v) is 5.20. The van der Waals surface area contributed by atoms with Crippen LogP contribution in [-0.2, 0) is 0 Å². The molecule has 2 fully saturated rings. The van der Waals surface area contributed by atoms with Gasteiger partial charge in [0, 0.05) is 36.3 Å². The zero-order valence-electron chi connectivity index (χ0n) is 18.6. The maximum absolute atomic E-state index is 13.3. The Morgan fingerprint density at radius 2 is 1.81 bits per heavy atom. The third-order valence-electron chi connectivity index (χ3n) is 6.57. The number of piperidine rings is 1. The Kier molecular flexibility index (Phi) is 6.28. The molecule has 1 saturated heterocycles. The van der Waals surface area contributed by atoms with Gasteiger partial charge in [0.1, 0.15) is 0 Å². The third kappa shape index (κ3) is 4.74. The molecule has 1 saturated carbocycles. The highest BCUT2D eigenvalue weighted by Crippen LogP contribution is 2.54. The lowest BCUT2D eigenvalue weighted by Crippen LogP contribution is -2.35. The lowest BCUT2D eigenvalue weighted by atomic mass is 9.92. The minimum absolute atomic E-state index is 0.132. The summed E-state index contributed by atoms with van der Waals surface area (Å²) in [5, 5.41) is 5.63. The van der Waals surface area contributed by atoms with Crippen LogP contribution in [0.25, 0.3) is 0 Å².